The fourth-order valence-corrected chi connectivity index (χ4v) is 19.3. The third-order valence-electron chi connectivity index (χ3n) is 22.8. The molecule has 58 heavy (non-hydrogen) atoms. The predicted molar refractivity (Wildman–Crippen MR) is 243 cm³/mol. The van der Waals surface area contributed by atoms with E-state index in [4.69, 9.17) is 0 Å². The molecule has 6 saturated carbocycles. The molecule has 0 bridgehead atoms. The molecule has 2 heteroatoms. The number of hydrogen-bond acceptors (Lipinski definition) is 2. The first kappa shape index (κ1) is 42.7. The molecule has 0 aromatic heterocycles. The van der Waals surface area contributed by atoms with Gasteiger partial charge in [-0.3, -0.25) is 0 Å². The monoisotopic (exact) mass is 797 g/mol. The highest BCUT2D eigenvalue weighted by Gasteiger charge is 2.73. The summed E-state index contributed by atoms with van der Waals surface area (Å²) in [5.74, 6) is 8.40. The Morgan fingerprint density at radius 2 is 0.879 bits per heavy atom. The van der Waals surface area contributed by atoms with Crippen LogP contribution < -0.4 is 0 Å². The van der Waals surface area contributed by atoms with Crippen LogP contribution in [0.1, 0.15) is 223 Å². The maximum absolute atomic E-state index is 10.5. The fourth-order valence-electron chi connectivity index (χ4n) is 19.3. The Labute approximate surface area is 358 Å². The Morgan fingerprint density at radius 3 is 1.26 bits per heavy atom. The Kier molecular flexibility index (Phi) is 11.0. The molecule has 10 aliphatic rings. The van der Waals surface area contributed by atoms with Gasteiger partial charge in [-0.2, -0.15) is 0 Å². The summed E-state index contributed by atoms with van der Waals surface area (Å²) in [7, 11) is 0. The first-order valence-electron chi connectivity index (χ1n) is 26.3. The van der Waals surface area contributed by atoms with Gasteiger partial charge in [-0.15, -0.1) is 0 Å². The van der Waals surface area contributed by atoms with E-state index in [9.17, 15) is 10.2 Å². The molecule has 2 nitrogen and oxygen atoms in total. The summed E-state index contributed by atoms with van der Waals surface area (Å²) in [4.78, 5) is 0. The van der Waals surface area contributed by atoms with Gasteiger partial charge in [0.2, 0.25) is 0 Å². The van der Waals surface area contributed by atoms with Crippen LogP contribution in [0.5, 0.6) is 0 Å². The Bertz CT molecular complexity index is 1500. The molecule has 0 aromatic rings. The first-order chi connectivity index (χ1) is 27.5. The van der Waals surface area contributed by atoms with Crippen LogP contribution in [0.15, 0.2) is 22.3 Å². The minimum absolute atomic E-state index is 0.00151. The predicted octanol–water partition coefficient (Wildman–Crippen LogP) is 15.1. The van der Waals surface area contributed by atoms with Crippen molar-refractivity contribution in [3.63, 3.8) is 0 Å². The molecule has 0 aliphatic heterocycles. The van der Waals surface area contributed by atoms with Crippen molar-refractivity contribution in [3.05, 3.63) is 22.3 Å². The second kappa shape index (κ2) is 15.0. The largest absolute Gasteiger partial charge is 0.393 e. The fraction of sp³-hybridized carbons (Fsp3) is 0.929. The molecule has 0 aromatic carbocycles. The van der Waals surface area contributed by atoms with Crippen LogP contribution in [0, 0.1) is 91.7 Å². The Balaban J connectivity index is 0.000000150. The molecular weight excluding hydrogens is 705 g/mol. The highest BCUT2D eigenvalue weighted by atomic mass is 16.3. The van der Waals surface area contributed by atoms with Crippen LogP contribution in [0.25, 0.3) is 0 Å². The molecule has 10 aliphatic carbocycles. The number of aliphatic hydroxyl groups is 2. The minimum atomic E-state index is 0.00151. The van der Waals surface area contributed by atoms with Crippen molar-refractivity contribution in [3.8, 4) is 0 Å². The van der Waals surface area contributed by atoms with Crippen molar-refractivity contribution in [1.82, 2.24) is 0 Å². The maximum atomic E-state index is 10.5. The molecule has 0 saturated heterocycles. The third kappa shape index (κ3) is 6.29. The van der Waals surface area contributed by atoms with Gasteiger partial charge in [0, 0.05) is 0 Å². The second-order valence-electron chi connectivity index (χ2n) is 25.9. The van der Waals surface area contributed by atoms with Crippen molar-refractivity contribution >= 4 is 0 Å². The maximum Gasteiger partial charge on any atom is 0.0574 e. The van der Waals surface area contributed by atoms with E-state index in [0.29, 0.717) is 44.3 Å². The number of aliphatic hydroxyl groups excluding tert-OH is 2. The van der Waals surface area contributed by atoms with Gasteiger partial charge < -0.3 is 10.2 Å². The zero-order valence-electron chi connectivity index (χ0n) is 39.8. The molecule has 2 unspecified atom stereocenters. The van der Waals surface area contributed by atoms with E-state index in [1.54, 1.807) is 0 Å². The Morgan fingerprint density at radius 1 is 0.483 bits per heavy atom. The zero-order valence-corrected chi connectivity index (χ0v) is 39.8. The van der Waals surface area contributed by atoms with Gasteiger partial charge in [0.05, 0.1) is 12.2 Å². The second-order valence-corrected chi connectivity index (χ2v) is 25.9. The molecule has 10 rings (SSSR count). The number of allylic oxidation sites excluding steroid dienone is 4. The zero-order chi connectivity index (χ0) is 41.2. The molecular formula is C56H92O2. The van der Waals surface area contributed by atoms with Crippen LogP contribution >= 0.6 is 0 Å². The SMILES string of the molecule is CC(C)CCC[C@@H](C)[C@H]1CCC2C3=C(CC[C@@]21C)[C@@]1(C)CC[C@@H](O)[C@H]2C[C@]21CC3.CC(C)CCC[C@@H](C)[C@H]1CCC2C3=C(CC[C@@]21C)[C@@]1(C)CC[C@H](O)[C@@H]2C[C@@]21CC3. The van der Waals surface area contributed by atoms with Gasteiger partial charge in [0.25, 0.3) is 0 Å². The molecule has 2 N–H and O–H groups in total. The lowest BCUT2D eigenvalue weighted by Gasteiger charge is -2.55. The molecule has 0 radical (unpaired) electrons. The molecule has 2 spiro atoms. The lowest BCUT2D eigenvalue weighted by molar-refractivity contribution is 0.00535. The summed E-state index contributed by atoms with van der Waals surface area (Å²) in [5.41, 5.74) is 10.6. The van der Waals surface area contributed by atoms with Gasteiger partial charge in [-0.25, -0.2) is 0 Å². The van der Waals surface area contributed by atoms with Gasteiger partial charge in [0.1, 0.15) is 0 Å². The van der Waals surface area contributed by atoms with E-state index in [1.165, 1.54) is 141 Å². The average Bonchev–Trinajstić information content (AvgIpc) is 4.03. The quantitative estimate of drug-likeness (QED) is 0.216. The van der Waals surface area contributed by atoms with E-state index in [1.807, 2.05) is 22.3 Å². The lowest BCUT2D eigenvalue weighted by atomic mass is 9.49. The number of rotatable bonds is 10. The minimum Gasteiger partial charge on any atom is -0.393 e. The van der Waals surface area contributed by atoms with Crippen LogP contribution in [0.3, 0.4) is 0 Å². The summed E-state index contributed by atoms with van der Waals surface area (Å²) in [5, 5.41) is 21.1. The van der Waals surface area contributed by atoms with Crippen molar-refractivity contribution in [2.75, 3.05) is 0 Å². The average molecular weight is 797 g/mol. The van der Waals surface area contributed by atoms with Crippen molar-refractivity contribution in [1.29, 1.82) is 0 Å². The van der Waals surface area contributed by atoms with E-state index in [2.05, 4.69) is 69.2 Å². The van der Waals surface area contributed by atoms with E-state index < -0.39 is 0 Å². The van der Waals surface area contributed by atoms with Crippen molar-refractivity contribution in [2.45, 2.75) is 236 Å². The third-order valence-corrected chi connectivity index (χ3v) is 22.8. The van der Waals surface area contributed by atoms with Crippen molar-refractivity contribution < 1.29 is 10.2 Å². The summed E-state index contributed by atoms with van der Waals surface area (Å²) < 4.78 is 0. The van der Waals surface area contributed by atoms with Gasteiger partial charge in [0.15, 0.2) is 0 Å². The first-order valence-corrected chi connectivity index (χ1v) is 26.3. The molecule has 328 valence electrons. The van der Waals surface area contributed by atoms with Crippen LogP contribution in [-0.4, -0.2) is 22.4 Å². The number of fused-ring (bicyclic) bond motifs is 6. The highest BCUT2D eigenvalue weighted by molar-refractivity contribution is 5.41. The molecule has 16 atom stereocenters. The molecule has 6 fully saturated rings. The molecule has 0 heterocycles. The summed E-state index contributed by atoms with van der Waals surface area (Å²) in [6.45, 7) is 25.3. The standard InChI is InChI=1S/2C28H46O/c2*1-18(2)7-6-8-19(3)21-9-10-22-20-11-16-28-17-24(28)25(29)13-15-27(28,5)23(20)12-14-26(21,22)4/h2*18-19,21-22,24-25,29H,6-17H2,1-5H3/t19-,21-,22?,24+,25+,26-,27-,28+;19-,21-,22?,24-,25-,26-,27-,28-/m11/s1. The smallest absolute Gasteiger partial charge is 0.0574 e. The summed E-state index contributed by atoms with van der Waals surface area (Å²) in [6, 6.07) is 0. The van der Waals surface area contributed by atoms with Crippen molar-refractivity contribution in [2.24, 2.45) is 91.7 Å². The normalized spacial score (nSPS) is 49.3. The highest BCUT2D eigenvalue weighted by Crippen LogP contribution is 2.80. The summed E-state index contributed by atoms with van der Waals surface area (Å²) >= 11 is 0. The van der Waals surface area contributed by atoms with E-state index >= 15 is 0 Å². The molecule has 0 amide bonds. The Hall–Kier alpha value is -0.600. The van der Waals surface area contributed by atoms with E-state index in [-0.39, 0.29) is 12.2 Å². The van der Waals surface area contributed by atoms with E-state index in [0.717, 1.165) is 60.2 Å². The summed E-state index contributed by atoms with van der Waals surface area (Å²) in [6.07, 6.45) is 32.8. The lowest BCUT2D eigenvalue weighted by Crippen LogP contribution is -2.47. The number of hydrogen-bond donors (Lipinski definition) is 2. The van der Waals surface area contributed by atoms with Crippen LogP contribution in [0.2, 0.25) is 0 Å². The van der Waals surface area contributed by atoms with Gasteiger partial charge >= 0.3 is 0 Å². The van der Waals surface area contributed by atoms with Crippen LogP contribution in [-0.2, 0) is 0 Å². The van der Waals surface area contributed by atoms with Gasteiger partial charge in [-0.1, -0.05) is 130 Å². The van der Waals surface area contributed by atoms with Gasteiger partial charge in [-0.05, 0) is 207 Å². The van der Waals surface area contributed by atoms with Crippen LogP contribution in [0.4, 0.5) is 0 Å². The topological polar surface area (TPSA) is 40.5 Å².